The van der Waals surface area contributed by atoms with Crippen molar-refractivity contribution in [1.29, 1.82) is 0 Å². The second-order valence-electron chi connectivity index (χ2n) is 4.73. The molecule has 0 spiro atoms. The lowest BCUT2D eigenvalue weighted by atomic mass is 10.0. The van der Waals surface area contributed by atoms with Gasteiger partial charge in [0, 0.05) is 25.3 Å². The summed E-state index contributed by atoms with van der Waals surface area (Å²) in [6.07, 6.45) is -2.16. The molecule has 2 N–H and O–H groups in total. The van der Waals surface area contributed by atoms with Crippen molar-refractivity contribution >= 4 is 5.82 Å². The van der Waals surface area contributed by atoms with Crippen LogP contribution < -0.4 is 10.6 Å². The van der Waals surface area contributed by atoms with Gasteiger partial charge in [0.15, 0.2) is 0 Å². The summed E-state index contributed by atoms with van der Waals surface area (Å²) in [6.45, 7) is 3.00. The number of rotatable bonds is 2. The molecule has 6 heteroatoms. The van der Waals surface area contributed by atoms with E-state index in [-0.39, 0.29) is 17.8 Å². The zero-order valence-corrected chi connectivity index (χ0v) is 10.1. The van der Waals surface area contributed by atoms with E-state index in [4.69, 9.17) is 5.73 Å². The molecule has 1 saturated heterocycles. The van der Waals surface area contributed by atoms with Crippen LogP contribution in [0, 0.1) is 5.92 Å². The first-order valence-electron chi connectivity index (χ1n) is 5.92. The van der Waals surface area contributed by atoms with Crippen LogP contribution in [0.2, 0.25) is 0 Å². The summed E-state index contributed by atoms with van der Waals surface area (Å²) in [5, 5.41) is 0. The topological polar surface area (TPSA) is 42.1 Å². The van der Waals surface area contributed by atoms with Gasteiger partial charge in [0.05, 0.1) is 5.56 Å². The monoisotopic (exact) mass is 259 g/mol. The molecular weight excluding hydrogens is 243 g/mol. The SMILES string of the molecule is CC(N)C1CCN(c2ncccc2C(F)(F)F)C1. The minimum Gasteiger partial charge on any atom is -0.356 e. The van der Waals surface area contributed by atoms with Crippen molar-refractivity contribution in [2.24, 2.45) is 11.7 Å². The van der Waals surface area contributed by atoms with Gasteiger partial charge >= 0.3 is 6.18 Å². The number of nitrogens with zero attached hydrogens (tertiary/aromatic N) is 2. The standard InChI is InChI=1S/C12H16F3N3/c1-8(16)9-4-6-18(7-9)11-10(12(13,14)15)3-2-5-17-11/h2-3,5,8-9H,4,6-7,16H2,1H3. The summed E-state index contributed by atoms with van der Waals surface area (Å²) in [4.78, 5) is 5.56. The van der Waals surface area contributed by atoms with Crippen molar-refractivity contribution in [2.45, 2.75) is 25.6 Å². The maximum Gasteiger partial charge on any atom is 0.419 e. The average Bonchev–Trinajstić information content (AvgIpc) is 2.77. The molecule has 2 rings (SSSR count). The van der Waals surface area contributed by atoms with Crippen LogP contribution >= 0.6 is 0 Å². The van der Waals surface area contributed by atoms with Crippen molar-refractivity contribution in [1.82, 2.24) is 4.98 Å². The third kappa shape index (κ3) is 2.58. The Morgan fingerprint density at radius 3 is 2.78 bits per heavy atom. The quantitative estimate of drug-likeness (QED) is 0.886. The third-order valence-electron chi connectivity index (χ3n) is 3.36. The van der Waals surface area contributed by atoms with Crippen molar-refractivity contribution in [3.8, 4) is 0 Å². The van der Waals surface area contributed by atoms with Gasteiger partial charge in [0.25, 0.3) is 0 Å². The van der Waals surface area contributed by atoms with E-state index in [0.29, 0.717) is 13.1 Å². The first-order valence-corrected chi connectivity index (χ1v) is 5.92. The number of alkyl halides is 3. The van der Waals surface area contributed by atoms with Crippen molar-refractivity contribution in [3.05, 3.63) is 23.9 Å². The first-order chi connectivity index (χ1) is 8.39. The van der Waals surface area contributed by atoms with Crippen LogP contribution in [0.4, 0.5) is 19.0 Å². The van der Waals surface area contributed by atoms with E-state index in [0.717, 1.165) is 12.5 Å². The molecule has 1 aromatic heterocycles. The highest BCUT2D eigenvalue weighted by Gasteiger charge is 2.37. The summed E-state index contributed by atoms with van der Waals surface area (Å²) >= 11 is 0. The lowest BCUT2D eigenvalue weighted by Gasteiger charge is -2.22. The lowest BCUT2D eigenvalue weighted by molar-refractivity contribution is -0.137. The third-order valence-corrected chi connectivity index (χ3v) is 3.36. The minimum absolute atomic E-state index is 0.00644. The molecular formula is C12H16F3N3. The van der Waals surface area contributed by atoms with E-state index < -0.39 is 11.7 Å². The van der Waals surface area contributed by atoms with Crippen LogP contribution in [-0.2, 0) is 6.18 Å². The number of pyridine rings is 1. The molecule has 18 heavy (non-hydrogen) atoms. The van der Waals surface area contributed by atoms with Crippen LogP contribution in [0.15, 0.2) is 18.3 Å². The Hall–Kier alpha value is -1.30. The molecule has 0 aromatic carbocycles. The van der Waals surface area contributed by atoms with Crippen LogP contribution in [0.1, 0.15) is 18.9 Å². The van der Waals surface area contributed by atoms with E-state index in [1.807, 2.05) is 6.92 Å². The number of nitrogens with two attached hydrogens (primary N) is 1. The van der Waals surface area contributed by atoms with Gasteiger partial charge in [-0.1, -0.05) is 0 Å². The van der Waals surface area contributed by atoms with Gasteiger partial charge in [-0.15, -0.1) is 0 Å². The van der Waals surface area contributed by atoms with E-state index in [9.17, 15) is 13.2 Å². The molecule has 3 nitrogen and oxygen atoms in total. The predicted octanol–water partition coefficient (Wildman–Crippen LogP) is 2.27. The van der Waals surface area contributed by atoms with Gasteiger partial charge in [0.1, 0.15) is 5.82 Å². The van der Waals surface area contributed by atoms with Crippen LogP contribution in [0.25, 0.3) is 0 Å². The number of hydrogen-bond acceptors (Lipinski definition) is 3. The van der Waals surface area contributed by atoms with E-state index in [1.54, 1.807) is 4.90 Å². The van der Waals surface area contributed by atoms with Gasteiger partial charge < -0.3 is 10.6 Å². The summed E-state index contributed by atoms with van der Waals surface area (Å²) in [6, 6.07) is 2.38. The van der Waals surface area contributed by atoms with Gasteiger partial charge in [-0.2, -0.15) is 13.2 Å². The van der Waals surface area contributed by atoms with Gasteiger partial charge in [-0.05, 0) is 31.4 Å². The minimum atomic E-state index is -4.37. The fourth-order valence-corrected chi connectivity index (χ4v) is 2.28. The zero-order chi connectivity index (χ0) is 13.3. The Morgan fingerprint density at radius 1 is 1.50 bits per heavy atom. The largest absolute Gasteiger partial charge is 0.419 e. The van der Waals surface area contributed by atoms with Crippen LogP contribution in [-0.4, -0.2) is 24.1 Å². The highest BCUT2D eigenvalue weighted by atomic mass is 19.4. The van der Waals surface area contributed by atoms with Gasteiger partial charge in [-0.3, -0.25) is 0 Å². The van der Waals surface area contributed by atoms with Crippen LogP contribution in [0.3, 0.4) is 0 Å². The summed E-state index contributed by atoms with van der Waals surface area (Å²) in [7, 11) is 0. The molecule has 1 aromatic rings. The molecule has 1 aliphatic heterocycles. The fourth-order valence-electron chi connectivity index (χ4n) is 2.28. The van der Waals surface area contributed by atoms with E-state index >= 15 is 0 Å². The molecule has 2 heterocycles. The molecule has 0 amide bonds. The van der Waals surface area contributed by atoms with Crippen molar-refractivity contribution < 1.29 is 13.2 Å². The molecule has 100 valence electrons. The number of halogens is 3. The molecule has 0 bridgehead atoms. The second-order valence-corrected chi connectivity index (χ2v) is 4.73. The molecule has 2 atom stereocenters. The Kier molecular flexibility index (Phi) is 3.47. The molecule has 1 aliphatic rings. The first kappa shape index (κ1) is 13.1. The Balaban J connectivity index is 2.25. The summed E-state index contributed by atoms with van der Waals surface area (Å²) in [5.41, 5.74) is 5.12. The molecule has 1 fully saturated rings. The van der Waals surface area contributed by atoms with Crippen LogP contribution in [0.5, 0.6) is 0 Å². The molecule has 2 unspecified atom stereocenters. The van der Waals surface area contributed by atoms with Crippen molar-refractivity contribution in [2.75, 3.05) is 18.0 Å². The summed E-state index contributed by atoms with van der Waals surface area (Å²) < 4.78 is 38.6. The Bertz CT molecular complexity index is 417. The smallest absolute Gasteiger partial charge is 0.356 e. The van der Waals surface area contributed by atoms with E-state index in [2.05, 4.69) is 4.98 Å². The normalized spacial score (nSPS) is 22.3. The maximum absolute atomic E-state index is 12.9. The Morgan fingerprint density at radius 2 is 2.22 bits per heavy atom. The number of anilines is 1. The lowest BCUT2D eigenvalue weighted by Crippen LogP contribution is -2.30. The molecule has 0 radical (unpaired) electrons. The number of hydrogen-bond donors (Lipinski definition) is 1. The maximum atomic E-state index is 12.9. The Labute approximate surface area is 104 Å². The van der Waals surface area contributed by atoms with E-state index in [1.165, 1.54) is 12.3 Å². The fraction of sp³-hybridized carbons (Fsp3) is 0.583. The highest BCUT2D eigenvalue weighted by molar-refractivity contribution is 5.49. The predicted molar refractivity (Wildman–Crippen MR) is 63.2 cm³/mol. The average molecular weight is 259 g/mol. The molecule has 0 aliphatic carbocycles. The second kappa shape index (κ2) is 4.76. The highest BCUT2D eigenvalue weighted by Crippen LogP contribution is 2.36. The van der Waals surface area contributed by atoms with Gasteiger partial charge in [0.2, 0.25) is 0 Å². The van der Waals surface area contributed by atoms with Gasteiger partial charge in [-0.25, -0.2) is 4.98 Å². The zero-order valence-electron chi connectivity index (χ0n) is 10.1. The number of aromatic nitrogens is 1. The molecule has 0 saturated carbocycles. The van der Waals surface area contributed by atoms with Crippen molar-refractivity contribution in [3.63, 3.8) is 0 Å². The summed E-state index contributed by atoms with van der Waals surface area (Å²) in [5.74, 6) is 0.251.